The highest BCUT2D eigenvalue weighted by Gasteiger charge is 2.23. The van der Waals surface area contributed by atoms with Gasteiger partial charge in [-0.05, 0) is 72.9 Å². The molecule has 0 saturated heterocycles. The number of halogens is 1. The van der Waals surface area contributed by atoms with Gasteiger partial charge in [-0.25, -0.2) is 0 Å². The van der Waals surface area contributed by atoms with Gasteiger partial charge in [0.25, 0.3) is 5.91 Å². The number of hydrogen-bond acceptors (Lipinski definition) is 3. The summed E-state index contributed by atoms with van der Waals surface area (Å²) in [6.07, 6.45) is 1.84. The standard InChI is InChI=1S/C27H24ClN3O2/c1-16-4-3-5-24(28)23(16)15-29-27(32)18-8-6-17(7-9-18)25-22-12-10-19-14-20(33-2)11-13-21(19)26(22)31-30-25/h3-9,11,13-14H,10,12,15H2,1-2H3,(H,29,32)(H,30,31). The largest absolute Gasteiger partial charge is 0.497 e. The Morgan fingerprint density at radius 3 is 2.70 bits per heavy atom. The SMILES string of the molecule is COc1ccc2c(c1)CCc1c(-c3ccc(C(=O)NCc4c(C)cccc4Cl)cc3)n[nH]c1-2. The fourth-order valence-electron chi connectivity index (χ4n) is 4.42. The van der Waals surface area contributed by atoms with Crippen molar-refractivity contribution < 1.29 is 9.53 Å². The molecule has 3 aromatic carbocycles. The van der Waals surface area contributed by atoms with Crippen LogP contribution in [0.15, 0.2) is 60.7 Å². The molecule has 1 aromatic heterocycles. The molecule has 1 amide bonds. The molecule has 166 valence electrons. The van der Waals surface area contributed by atoms with Crippen LogP contribution in [0, 0.1) is 6.92 Å². The number of rotatable bonds is 5. The van der Waals surface area contributed by atoms with Gasteiger partial charge in [-0.2, -0.15) is 5.10 Å². The molecule has 5 nitrogen and oxygen atoms in total. The van der Waals surface area contributed by atoms with Crippen LogP contribution in [0.25, 0.3) is 22.5 Å². The van der Waals surface area contributed by atoms with Gasteiger partial charge < -0.3 is 10.1 Å². The van der Waals surface area contributed by atoms with Crippen LogP contribution in [0.3, 0.4) is 0 Å². The number of H-pyrrole nitrogens is 1. The van der Waals surface area contributed by atoms with E-state index in [0.717, 1.165) is 46.7 Å². The number of aromatic amines is 1. The maximum Gasteiger partial charge on any atom is 0.251 e. The number of aromatic nitrogens is 2. The summed E-state index contributed by atoms with van der Waals surface area (Å²) in [4.78, 5) is 12.7. The lowest BCUT2D eigenvalue weighted by atomic mass is 9.87. The van der Waals surface area contributed by atoms with E-state index >= 15 is 0 Å². The van der Waals surface area contributed by atoms with Crippen molar-refractivity contribution in [2.75, 3.05) is 7.11 Å². The molecule has 0 spiro atoms. The summed E-state index contributed by atoms with van der Waals surface area (Å²) in [6, 6.07) is 19.5. The van der Waals surface area contributed by atoms with E-state index in [1.807, 2.05) is 55.5 Å². The molecule has 1 heterocycles. The quantitative estimate of drug-likeness (QED) is 0.401. The highest BCUT2D eigenvalue weighted by atomic mass is 35.5. The minimum absolute atomic E-state index is 0.132. The van der Waals surface area contributed by atoms with Crippen LogP contribution in [-0.4, -0.2) is 23.2 Å². The summed E-state index contributed by atoms with van der Waals surface area (Å²) < 4.78 is 5.36. The summed E-state index contributed by atoms with van der Waals surface area (Å²) >= 11 is 6.27. The number of ether oxygens (including phenoxy) is 1. The van der Waals surface area contributed by atoms with Crippen molar-refractivity contribution in [3.8, 4) is 28.3 Å². The van der Waals surface area contributed by atoms with Crippen LogP contribution in [0.2, 0.25) is 5.02 Å². The van der Waals surface area contributed by atoms with Crippen molar-refractivity contribution in [1.82, 2.24) is 15.5 Å². The van der Waals surface area contributed by atoms with Gasteiger partial charge >= 0.3 is 0 Å². The zero-order valence-electron chi connectivity index (χ0n) is 18.5. The van der Waals surface area contributed by atoms with E-state index in [2.05, 4.69) is 27.6 Å². The van der Waals surface area contributed by atoms with Crippen LogP contribution in [-0.2, 0) is 19.4 Å². The highest BCUT2D eigenvalue weighted by Crippen LogP contribution is 2.38. The van der Waals surface area contributed by atoms with Crippen molar-refractivity contribution in [3.63, 3.8) is 0 Å². The van der Waals surface area contributed by atoms with Crippen molar-refractivity contribution >= 4 is 17.5 Å². The van der Waals surface area contributed by atoms with E-state index in [1.54, 1.807) is 7.11 Å². The number of nitrogens with one attached hydrogen (secondary N) is 2. The molecule has 0 fully saturated rings. The van der Waals surface area contributed by atoms with Crippen molar-refractivity contribution in [2.45, 2.75) is 26.3 Å². The smallest absolute Gasteiger partial charge is 0.251 e. The molecule has 5 rings (SSSR count). The average Bonchev–Trinajstić information content (AvgIpc) is 3.28. The molecule has 0 unspecified atom stereocenters. The predicted octanol–water partition coefficient (Wildman–Crippen LogP) is 5.74. The van der Waals surface area contributed by atoms with Crippen molar-refractivity contribution in [1.29, 1.82) is 0 Å². The predicted molar refractivity (Wildman–Crippen MR) is 131 cm³/mol. The lowest BCUT2D eigenvalue weighted by Gasteiger charge is -2.17. The zero-order valence-corrected chi connectivity index (χ0v) is 19.3. The van der Waals surface area contributed by atoms with Gasteiger partial charge in [-0.3, -0.25) is 9.89 Å². The van der Waals surface area contributed by atoms with Crippen LogP contribution in [0.1, 0.15) is 32.6 Å². The number of hydrogen-bond donors (Lipinski definition) is 2. The molecular weight excluding hydrogens is 434 g/mol. The molecule has 33 heavy (non-hydrogen) atoms. The van der Waals surface area contributed by atoms with Gasteiger partial charge in [0, 0.05) is 33.8 Å². The molecule has 2 N–H and O–H groups in total. The van der Waals surface area contributed by atoms with Crippen molar-refractivity contribution in [2.24, 2.45) is 0 Å². The third-order valence-electron chi connectivity index (χ3n) is 6.29. The minimum atomic E-state index is -0.132. The van der Waals surface area contributed by atoms with E-state index in [1.165, 1.54) is 16.7 Å². The molecule has 1 aliphatic rings. The van der Waals surface area contributed by atoms with Crippen LogP contribution in [0.5, 0.6) is 5.75 Å². The Kier molecular flexibility index (Phi) is 5.65. The van der Waals surface area contributed by atoms with Gasteiger partial charge in [0.1, 0.15) is 5.75 Å². The molecule has 0 saturated carbocycles. The molecular formula is C27H24ClN3O2. The van der Waals surface area contributed by atoms with Gasteiger partial charge in [-0.1, -0.05) is 35.9 Å². The third kappa shape index (κ3) is 4.00. The first-order chi connectivity index (χ1) is 16.0. The Hall–Kier alpha value is -3.57. The second kappa shape index (κ2) is 8.75. The van der Waals surface area contributed by atoms with Gasteiger partial charge in [0.2, 0.25) is 0 Å². The lowest BCUT2D eigenvalue weighted by Crippen LogP contribution is -2.23. The normalized spacial score (nSPS) is 12.1. The Morgan fingerprint density at radius 2 is 1.94 bits per heavy atom. The summed E-state index contributed by atoms with van der Waals surface area (Å²) in [5.74, 6) is 0.739. The van der Waals surface area contributed by atoms with E-state index in [-0.39, 0.29) is 5.91 Å². The van der Waals surface area contributed by atoms with Crippen molar-refractivity contribution in [3.05, 3.63) is 93.5 Å². The molecule has 0 bridgehead atoms. The highest BCUT2D eigenvalue weighted by molar-refractivity contribution is 6.31. The number of fused-ring (bicyclic) bond motifs is 3. The Balaban J connectivity index is 1.34. The molecule has 1 aliphatic carbocycles. The first-order valence-corrected chi connectivity index (χ1v) is 11.3. The molecule has 0 atom stereocenters. The fourth-order valence-corrected chi connectivity index (χ4v) is 4.71. The summed E-state index contributed by atoms with van der Waals surface area (Å²) in [5, 5.41) is 11.5. The summed E-state index contributed by atoms with van der Waals surface area (Å²) in [6.45, 7) is 2.38. The van der Waals surface area contributed by atoms with Crippen LogP contribution in [0.4, 0.5) is 0 Å². The Labute approximate surface area is 197 Å². The van der Waals surface area contributed by atoms with Gasteiger partial charge in [0.15, 0.2) is 0 Å². The maximum absolute atomic E-state index is 12.7. The molecule has 4 aromatic rings. The minimum Gasteiger partial charge on any atom is -0.497 e. The van der Waals surface area contributed by atoms with E-state index in [0.29, 0.717) is 17.1 Å². The number of amides is 1. The number of methoxy groups -OCH3 is 1. The first-order valence-electron chi connectivity index (χ1n) is 10.9. The molecule has 0 aliphatic heterocycles. The number of nitrogens with zero attached hydrogens (tertiary/aromatic N) is 1. The van der Waals surface area contributed by atoms with E-state index in [9.17, 15) is 4.79 Å². The number of carbonyl (C=O) groups excluding carboxylic acids is 1. The number of aryl methyl sites for hydroxylation is 2. The topological polar surface area (TPSA) is 67.0 Å². The maximum atomic E-state index is 12.7. The molecule has 6 heteroatoms. The van der Waals surface area contributed by atoms with E-state index < -0.39 is 0 Å². The van der Waals surface area contributed by atoms with Crippen LogP contribution < -0.4 is 10.1 Å². The Bertz CT molecular complexity index is 1320. The Morgan fingerprint density at radius 1 is 1.12 bits per heavy atom. The summed E-state index contributed by atoms with van der Waals surface area (Å²) in [5.41, 5.74) is 9.22. The second-order valence-electron chi connectivity index (χ2n) is 8.24. The third-order valence-corrected chi connectivity index (χ3v) is 6.65. The second-order valence-corrected chi connectivity index (χ2v) is 8.65. The lowest BCUT2D eigenvalue weighted by molar-refractivity contribution is 0.0951. The van der Waals surface area contributed by atoms with Gasteiger partial charge in [-0.15, -0.1) is 0 Å². The number of benzene rings is 3. The van der Waals surface area contributed by atoms with E-state index in [4.69, 9.17) is 16.3 Å². The first kappa shape index (κ1) is 21.3. The molecule has 0 radical (unpaired) electrons. The van der Waals surface area contributed by atoms with Crippen LogP contribution >= 0.6 is 11.6 Å². The monoisotopic (exact) mass is 457 g/mol. The fraction of sp³-hybridized carbons (Fsp3) is 0.185. The summed E-state index contributed by atoms with van der Waals surface area (Å²) in [7, 11) is 1.69. The average molecular weight is 458 g/mol. The zero-order chi connectivity index (χ0) is 22.9. The van der Waals surface area contributed by atoms with Gasteiger partial charge in [0.05, 0.1) is 18.5 Å². The number of carbonyl (C=O) groups is 1.